The lowest BCUT2D eigenvalue weighted by atomic mass is 10.0. The number of ether oxygens (including phenoxy) is 1. The van der Waals surface area contributed by atoms with Crippen LogP contribution in [0.2, 0.25) is 0 Å². The van der Waals surface area contributed by atoms with Crippen LogP contribution in [0.3, 0.4) is 0 Å². The lowest BCUT2D eigenvalue weighted by Gasteiger charge is -2.15. The van der Waals surface area contributed by atoms with Crippen molar-refractivity contribution in [2.75, 3.05) is 6.61 Å². The van der Waals surface area contributed by atoms with E-state index in [4.69, 9.17) is 4.74 Å². The van der Waals surface area contributed by atoms with Crippen LogP contribution >= 0.6 is 0 Å². The zero-order valence-corrected chi connectivity index (χ0v) is 14.8. The van der Waals surface area contributed by atoms with E-state index in [0.29, 0.717) is 29.2 Å². The number of rotatable bonds is 6. The van der Waals surface area contributed by atoms with E-state index in [0.717, 1.165) is 5.56 Å². The monoisotopic (exact) mass is 358 g/mol. The van der Waals surface area contributed by atoms with Crippen LogP contribution in [0.1, 0.15) is 34.3 Å². The van der Waals surface area contributed by atoms with Crippen molar-refractivity contribution in [1.82, 2.24) is 4.98 Å². The lowest BCUT2D eigenvalue weighted by Crippen LogP contribution is -2.08. The molecule has 0 bridgehead atoms. The fourth-order valence-corrected chi connectivity index (χ4v) is 2.79. The molecule has 0 fully saturated rings. The van der Waals surface area contributed by atoms with E-state index in [-0.39, 0.29) is 11.5 Å². The normalized spacial score (nSPS) is 11.4. The molecular formula is C22H18N2O3. The third kappa shape index (κ3) is 4.13. The number of hydrogen-bond acceptors (Lipinski definition) is 4. The molecule has 27 heavy (non-hydrogen) atoms. The summed E-state index contributed by atoms with van der Waals surface area (Å²) in [6.07, 6.45) is 1.53. The van der Waals surface area contributed by atoms with Gasteiger partial charge in [0.2, 0.25) is 0 Å². The van der Waals surface area contributed by atoms with Crippen molar-refractivity contribution in [2.24, 2.45) is 0 Å². The first-order valence-corrected chi connectivity index (χ1v) is 8.50. The first-order chi connectivity index (χ1) is 13.1. The number of hydrogen-bond donors (Lipinski definition) is 1. The molecule has 0 aliphatic rings. The number of pyridine rings is 1. The molecule has 1 heterocycles. The number of nitrogens with zero attached hydrogens (tertiary/aromatic N) is 2. The summed E-state index contributed by atoms with van der Waals surface area (Å²) in [5, 5.41) is 18.8. The number of aromatic carboxylic acids is 1. The van der Waals surface area contributed by atoms with Gasteiger partial charge in [-0.15, -0.1) is 0 Å². The first-order valence-electron chi connectivity index (χ1n) is 8.50. The summed E-state index contributed by atoms with van der Waals surface area (Å²) in [7, 11) is 0. The summed E-state index contributed by atoms with van der Waals surface area (Å²) in [5.74, 6) is -0.419. The Morgan fingerprint density at radius 1 is 1.19 bits per heavy atom. The summed E-state index contributed by atoms with van der Waals surface area (Å²) >= 11 is 0. The average Bonchev–Trinajstić information content (AvgIpc) is 2.72. The Morgan fingerprint density at radius 3 is 2.67 bits per heavy atom. The minimum atomic E-state index is -1.06. The largest absolute Gasteiger partial charge is 0.492 e. The minimum Gasteiger partial charge on any atom is -0.492 e. The van der Waals surface area contributed by atoms with Crippen LogP contribution in [0.4, 0.5) is 0 Å². The van der Waals surface area contributed by atoms with Crippen LogP contribution in [-0.2, 0) is 0 Å². The summed E-state index contributed by atoms with van der Waals surface area (Å²) in [4.78, 5) is 15.6. The van der Waals surface area contributed by atoms with Gasteiger partial charge in [0.25, 0.3) is 0 Å². The minimum absolute atomic E-state index is 0.0905. The maximum Gasteiger partial charge on any atom is 0.337 e. The highest BCUT2D eigenvalue weighted by molar-refractivity contribution is 5.94. The average molecular weight is 358 g/mol. The number of carboxylic acid groups (broad SMARTS) is 1. The van der Waals surface area contributed by atoms with Gasteiger partial charge in [-0.3, -0.25) is 4.98 Å². The third-order valence-corrected chi connectivity index (χ3v) is 4.27. The van der Waals surface area contributed by atoms with Crippen molar-refractivity contribution in [3.63, 3.8) is 0 Å². The van der Waals surface area contributed by atoms with Crippen molar-refractivity contribution < 1.29 is 14.6 Å². The smallest absolute Gasteiger partial charge is 0.337 e. The number of carboxylic acids is 1. The summed E-state index contributed by atoms with van der Waals surface area (Å²) in [5.41, 5.74) is 2.48. The molecule has 0 saturated carbocycles. The van der Waals surface area contributed by atoms with E-state index in [1.54, 1.807) is 24.3 Å². The van der Waals surface area contributed by atoms with E-state index in [9.17, 15) is 15.2 Å². The van der Waals surface area contributed by atoms with Crippen molar-refractivity contribution >= 4 is 5.97 Å². The van der Waals surface area contributed by atoms with Crippen LogP contribution in [0.25, 0.3) is 11.3 Å². The van der Waals surface area contributed by atoms with E-state index >= 15 is 0 Å². The maximum absolute atomic E-state index is 11.4. The van der Waals surface area contributed by atoms with E-state index in [2.05, 4.69) is 18.0 Å². The predicted molar refractivity (Wildman–Crippen MR) is 102 cm³/mol. The SMILES string of the molecule is CC(COc1ccc(-c2ncccc2C(=O)O)cc1C#N)c1ccccc1. The fourth-order valence-electron chi connectivity index (χ4n) is 2.79. The molecule has 1 atom stereocenters. The molecule has 0 spiro atoms. The summed E-state index contributed by atoms with van der Waals surface area (Å²) in [6.45, 7) is 2.49. The van der Waals surface area contributed by atoms with Gasteiger partial charge in [-0.05, 0) is 35.9 Å². The Hall–Kier alpha value is -3.65. The second-order valence-electron chi connectivity index (χ2n) is 6.15. The van der Waals surface area contributed by atoms with Gasteiger partial charge in [-0.25, -0.2) is 4.79 Å². The van der Waals surface area contributed by atoms with Gasteiger partial charge in [0.05, 0.1) is 23.4 Å². The van der Waals surface area contributed by atoms with Gasteiger partial charge in [-0.2, -0.15) is 5.26 Å². The number of benzene rings is 2. The Balaban J connectivity index is 1.84. The summed E-state index contributed by atoms with van der Waals surface area (Å²) in [6, 6.07) is 20.2. The van der Waals surface area contributed by atoms with Crippen LogP contribution in [0, 0.1) is 11.3 Å². The maximum atomic E-state index is 11.4. The van der Waals surface area contributed by atoms with Crippen molar-refractivity contribution in [3.05, 3.63) is 83.6 Å². The number of aromatic nitrogens is 1. The van der Waals surface area contributed by atoms with Gasteiger partial charge in [0.1, 0.15) is 11.8 Å². The van der Waals surface area contributed by atoms with E-state index < -0.39 is 5.97 Å². The molecule has 1 aromatic heterocycles. The van der Waals surface area contributed by atoms with Crippen molar-refractivity contribution in [1.29, 1.82) is 5.26 Å². The molecule has 0 aliphatic carbocycles. The zero-order chi connectivity index (χ0) is 19.2. The zero-order valence-electron chi connectivity index (χ0n) is 14.8. The van der Waals surface area contributed by atoms with Crippen LogP contribution in [-0.4, -0.2) is 22.7 Å². The highest BCUT2D eigenvalue weighted by atomic mass is 16.5. The third-order valence-electron chi connectivity index (χ3n) is 4.27. The van der Waals surface area contributed by atoms with Gasteiger partial charge < -0.3 is 9.84 Å². The van der Waals surface area contributed by atoms with Crippen LogP contribution in [0.15, 0.2) is 66.9 Å². The Kier molecular flexibility index (Phi) is 5.48. The molecule has 1 unspecified atom stereocenters. The van der Waals surface area contributed by atoms with Gasteiger partial charge >= 0.3 is 5.97 Å². The molecule has 0 radical (unpaired) electrons. The molecule has 5 nitrogen and oxygen atoms in total. The number of nitriles is 1. The fraction of sp³-hybridized carbons (Fsp3) is 0.136. The molecule has 5 heteroatoms. The standard InChI is InChI=1S/C22H18N2O3/c1-15(16-6-3-2-4-7-16)14-27-20-10-9-17(12-18(20)13-23)21-19(22(25)26)8-5-11-24-21/h2-12,15H,14H2,1H3,(H,25,26). The van der Waals surface area contributed by atoms with Crippen LogP contribution < -0.4 is 4.74 Å². The molecule has 0 saturated heterocycles. The van der Waals surface area contributed by atoms with E-state index in [1.165, 1.54) is 12.3 Å². The molecule has 1 N–H and O–H groups in total. The molecule has 0 amide bonds. The summed E-state index contributed by atoms with van der Waals surface area (Å²) < 4.78 is 5.85. The van der Waals surface area contributed by atoms with Crippen molar-refractivity contribution in [2.45, 2.75) is 12.8 Å². The molecule has 134 valence electrons. The molecule has 2 aromatic carbocycles. The van der Waals surface area contributed by atoms with Gasteiger partial charge in [0.15, 0.2) is 0 Å². The molecule has 3 rings (SSSR count). The first kappa shape index (κ1) is 18.2. The highest BCUT2D eigenvalue weighted by Gasteiger charge is 2.15. The molecule has 3 aromatic rings. The van der Waals surface area contributed by atoms with E-state index in [1.807, 2.05) is 30.3 Å². The second-order valence-corrected chi connectivity index (χ2v) is 6.15. The van der Waals surface area contributed by atoms with Gasteiger partial charge in [-0.1, -0.05) is 37.3 Å². The van der Waals surface area contributed by atoms with Crippen molar-refractivity contribution in [3.8, 4) is 23.1 Å². The highest BCUT2D eigenvalue weighted by Crippen LogP contribution is 2.28. The topological polar surface area (TPSA) is 83.2 Å². The Labute approximate surface area is 157 Å². The molecule has 0 aliphatic heterocycles. The van der Waals surface area contributed by atoms with Gasteiger partial charge in [0, 0.05) is 17.7 Å². The second kappa shape index (κ2) is 8.15. The Bertz CT molecular complexity index is 994. The predicted octanol–water partition coefficient (Wildman–Crippen LogP) is 4.50. The van der Waals surface area contributed by atoms with Crippen LogP contribution in [0.5, 0.6) is 5.75 Å². The quantitative estimate of drug-likeness (QED) is 0.701. The Morgan fingerprint density at radius 2 is 1.96 bits per heavy atom. The molecular weight excluding hydrogens is 340 g/mol. The lowest BCUT2D eigenvalue weighted by molar-refractivity contribution is 0.0697. The number of carbonyl (C=O) groups is 1.